The zero-order valence-electron chi connectivity index (χ0n) is 17.8. The first-order valence-corrected chi connectivity index (χ1v) is 11.2. The van der Waals surface area contributed by atoms with Gasteiger partial charge in [-0.1, -0.05) is 65.2 Å². The van der Waals surface area contributed by atoms with Crippen molar-refractivity contribution in [2.45, 2.75) is 31.9 Å². The van der Waals surface area contributed by atoms with Gasteiger partial charge in [0.1, 0.15) is 5.15 Å². The van der Waals surface area contributed by atoms with Crippen molar-refractivity contribution in [3.8, 4) is 0 Å². The van der Waals surface area contributed by atoms with Gasteiger partial charge in [0.2, 0.25) is 0 Å². The second-order valence-electron chi connectivity index (χ2n) is 7.66. The minimum absolute atomic E-state index is 0.0928. The SMILES string of the molecule is Cc1cc(/C=C/C(c2cc(Cl)c(F)c(Cl)c2)C(F)(F)F)ccc1C(=O)CCc1ccnc(Cl)c1. The number of nitrogens with zero attached hydrogens (tertiary/aromatic N) is 1. The van der Waals surface area contributed by atoms with Gasteiger partial charge in [-0.05, 0) is 59.9 Å². The molecule has 0 N–H and O–H groups in total. The van der Waals surface area contributed by atoms with Crippen molar-refractivity contribution >= 4 is 46.7 Å². The van der Waals surface area contributed by atoms with Crippen LogP contribution in [0.25, 0.3) is 6.08 Å². The van der Waals surface area contributed by atoms with Crippen molar-refractivity contribution in [2.24, 2.45) is 0 Å². The Morgan fingerprint density at radius 1 is 1.06 bits per heavy atom. The van der Waals surface area contributed by atoms with E-state index in [4.69, 9.17) is 34.8 Å². The van der Waals surface area contributed by atoms with Crippen LogP contribution < -0.4 is 0 Å². The summed E-state index contributed by atoms with van der Waals surface area (Å²) in [6.45, 7) is 1.72. The summed E-state index contributed by atoms with van der Waals surface area (Å²) in [4.78, 5) is 16.5. The molecule has 2 aromatic carbocycles. The van der Waals surface area contributed by atoms with Crippen molar-refractivity contribution in [1.82, 2.24) is 4.98 Å². The first-order valence-electron chi connectivity index (χ1n) is 10.1. The van der Waals surface area contributed by atoms with Gasteiger partial charge in [-0.25, -0.2) is 9.37 Å². The molecule has 0 bridgehead atoms. The second-order valence-corrected chi connectivity index (χ2v) is 8.86. The van der Waals surface area contributed by atoms with E-state index < -0.39 is 28.0 Å². The van der Waals surface area contributed by atoms with Gasteiger partial charge < -0.3 is 0 Å². The van der Waals surface area contributed by atoms with E-state index >= 15 is 0 Å². The van der Waals surface area contributed by atoms with Crippen molar-refractivity contribution in [1.29, 1.82) is 0 Å². The molecule has 1 unspecified atom stereocenters. The maximum absolute atomic E-state index is 13.7. The molecule has 0 aliphatic carbocycles. The molecule has 0 saturated heterocycles. The number of carbonyl (C=O) groups excluding carboxylic acids is 1. The fourth-order valence-corrected chi connectivity index (χ4v) is 4.17. The van der Waals surface area contributed by atoms with Crippen LogP contribution in [-0.2, 0) is 6.42 Å². The molecule has 0 aliphatic rings. The maximum Gasteiger partial charge on any atom is 0.399 e. The first kappa shape index (κ1) is 26.2. The van der Waals surface area contributed by atoms with Crippen LogP contribution in [0.4, 0.5) is 17.6 Å². The summed E-state index contributed by atoms with van der Waals surface area (Å²) in [6.07, 6.45) is -0.109. The van der Waals surface area contributed by atoms with Crippen molar-refractivity contribution in [3.05, 3.63) is 104 Å². The van der Waals surface area contributed by atoms with Crippen molar-refractivity contribution < 1.29 is 22.4 Å². The topological polar surface area (TPSA) is 30.0 Å². The molecule has 1 atom stereocenters. The minimum atomic E-state index is -4.65. The summed E-state index contributed by atoms with van der Waals surface area (Å²) in [5, 5.41) is -0.629. The Balaban J connectivity index is 1.78. The third-order valence-corrected chi connectivity index (χ3v) is 5.94. The van der Waals surface area contributed by atoms with Gasteiger partial charge in [0, 0.05) is 18.2 Å². The lowest BCUT2D eigenvalue weighted by atomic mass is 9.95. The van der Waals surface area contributed by atoms with Crippen LogP contribution in [-0.4, -0.2) is 16.9 Å². The number of Topliss-reactive ketones (excluding diaryl/α,β-unsaturated/α-hetero) is 1. The summed E-state index contributed by atoms with van der Waals surface area (Å²) >= 11 is 17.2. The smallest absolute Gasteiger partial charge is 0.294 e. The molecule has 0 radical (unpaired) electrons. The number of hydrogen-bond acceptors (Lipinski definition) is 2. The lowest BCUT2D eigenvalue weighted by Gasteiger charge is -2.18. The molecule has 0 aliphatic heterocycles. The summed E-state index contributed by atoms with van der Waals surface area (Å²) in [5.74, 6) is -3.11. The number of aryl methyl sites for hydroxylation is 2. The number of rotatable bonds is 7. The van der Waals surface area contributed by atoms with Crippen LogP contribution in [0.2, 0.25) is 15.2 Å². The number of alkyl halides is 3. The highest BCUT2D eigenvalue weighted by Crippen LogP contribution is 2.39. The highest BCUT2D eigenvalue weighted by Gasteiger charge is 2.39. The first-order chi connectivity index (χ1) is 16.0. The van der Waals surface area contributed by atoms with Crippen LogP contribution in [0.5, 0.6) is 0 Å². The lowest BCUT2D eigenvalue weighted by Crippen LogP contribution is -2.19. The Bertz CT molecular complexity index is 1220. The normalized spacial score (nSPS) is 12.8. The van der Waals surface area contributed by atoms with Crippen molar-refractivity contribution in [3.63, 3.8) is 0 Å². The van der Waals surface area contributed by atoms with E-state index in [1.54, 1.807) is 43.5 Å². The van der Waals surface area contributed by atoms with E-state index in [-0.39, 0.29) is 17.8 Å². The predicted octanol–water partition coefficient (Wildman–Crippen LogP) is 8.66. The number of ketones is 1. The van der Waals surface area contributed by atoms with Gasteiger partial charge in [-0.2, -0.15) is 13.2 Å². The molecule has 0 saturated carbocycles. The molecule has 34 heavy (non-hydrogen) atoms. The molecular formula is C25H18Cl3F4NO. The number of aromatic nitrogens is 1. The average Bonchev–Trinajstić information content (AvgIpc) is 2.75. The lowest BCUT2D eigenvalue weighted by molar-refractivity contribution is -0.139. The van der Waals surface area contributed by atoms with Crippen LogP contribution in [0.1, 0.15) is 45.0 Å². The number of allylic oxidation sites excluding steroid dienone is 1. The minimum Gasteiger partial charge on any atom is -0.294 e. The largest absolute Gasteiger partial charge is 0.399 e. The van der Waals surface area contributed by atoms with Gasteiger partial charge in [-0.3, -0.25) is 4.79 Å². The van der Waals surface area contributed by atoms with E-state index in [1.165, 1.54) is 6.08 Å². The fourth-order valence-electron chi connectivity index (χ4n) is 3.47. The summed E-state index contributed by atoms with van der Waals surface area (Å²) in [5.41, 5.74) is 2.20. The third kappa shape index (κ3) is 6.59. The fraction of sp³-hybridized carbons (Fsp3) is 0.200. The Morgan fingerprint density at radius 2 is 1.74 bits per heavy atom. The Labute approximate surface area is 209 Å². The van der Waals surface area contributed by atoms with Crippen LogP contribution >= 0.6 is 34.8 Å². The van der Waals surface area contributed by atoms with Crippen LogP contribution in [0.15, 0.2) is 54.7 Å². The zero-order chi connectivity index (χ0) is 25.0. The van der Waals surface area contributed by atoms with Gasteiger partial charge in [-0.15, -0.1) is 0 Å². The summed E-state index contributed by atoms with van der Waals surface area (Å²) in [6, 6.07) is 10.1. The number of pyridine rings is 1. The number of benzene rings is 2. The molecule has 0 spiro atoms. The molecule has 3 aromatic rings. The van der Waals surface area contributed by atoms with Crippen LogP contribution in [0, 0.1) is 12.7 Å². The van der Waals surface area contributed by atoms with Gasteiger partial charge in [0.25, 0.3) is 0 Å². The summed E-state index contributed by atoms with van der Waals surface area (Å²) in [7, 11) is 0. The molecule has 1 aromatic heterocycles. The second kappa shape index (κ2) is 10.9. The Kier molecular flexibility index (Phi) is 8.39. The average molecular weight is 531 g/mol. The van der Waals surface area contributed by atoms with Crippen LogP contribution in [0.3, 0.4) is 0 Å². The molecule has 178 valence electrons. The monoisotopic (exact) mass is 529 g/mol. The summed E-state index contributed by atoms with van der Waals surface area (Å²) < 4.78 is 54.7. The van der Waals surface area contributed by atoms with E-state index in [0.717, 1.165) is 23.8 Å². The number of hydrogen-bond donors (Lipinski definition) is 0. The molecule has 1 heterocycles. The molecular weight excluding hydrogens is 513 g/mol. The Hall–Kier alpha value is -2.41. The Morgan fingerprint density at radius 3 is 2.32 bits per heavy atom. The number of halogens is 7. The molecule has 0 fully saturated rings. The third-order valence-electron chi connectivity index (χ3n) is 5.18. The molecule has 9 heteroatoms. The standard InChI is InChI=1S/C25H18Cl3F4NO/c1-14-10-15(2-5-18(14)22(34)7-4-16-8-9-33-23(28)11-16)3-6-19(25(30,31)32)17-12-20(26)24(29)21(27)13-17/h2-3,5-6,8-13,19H,4,7H2,1H3/b6-3+. The van der Waals surface area contributed by atoms with E-state index in [0.29, 0.717) is 28.3 Å². The zero-order valence-corrected chi connectivity index (χ0v) is 20.0. The maximum atomic E-state index is 13.7. The quantitative estimate of drug-likeness (QED) is 0.132. The van der Waals surface area contributed by atoms with E-state index in [1.807, 2.05) is 0 Å². The molecule has 2 nitrogen and oxygen atoms in total. The van der Waals surface area contributed by atoms with Crippen molar-refractivity contribution in [2.75, 3.05) is 0 Å². The highest BCUT2D eigenvalue weighted by molar-refractivity contribution is 6.35. The van der Waals surface area contributed by atoms with Gasteiger partial charge in [0.05, 0.1) is 16.0 Å². The van der Waals surface area contributed by atoms with E-state index in [9.17, 15) is 22.4 Å². The number of carbonyl (C=O) groups is 1. The molecule has 3 rings (SSSR count). The predicted molar refractivity (Wildman–Crippen MR) is 127 cm³/mol. The molecule has 0 amide bonds. The highest BCUT2D eigenvalue weighted by atomic mass is 35.5. The van der Waals surface area contributed by atoms with Gasteiger partial charge in [0.15, 0.2) is 11.6 Å². The van der Waals surface area contributed by atoms with E-state index in [2.05, 4.69) is 4.98 Å². The van der Waals surface area contributed by atoms with Gasteiger partial charge >= 0.3 is 6.18 Å².